The maximum atomic E-state index is 13.1. The average Bonchev–Trinajstić information content (AvgIpc) is 2.76. The third-order valence-electron chi connectivity index (χ3n) is 3.02. The van der Waals surface area contributed by atoms with E-state index in [1.165, 1.54) is 25.3 Å². The summed E-state index contributed by atoms with van der Waals surface area (Å²) in [5.41, 5.74) is 1.80. The quantitative estimate of drug-likeness (QED) is 0.619. The molecular formula is C24H35FO3. The summed E-state index contributed by atoms with van der Waals surface area (Å²) < 4.78 is 23.5. The van der Waals surface area contributed by atoms with Gasteiger partial charge in [-0.2, -0.15) is 0 Å². The zero-order chi connectivity index (χ0) is 21.9. The predicted molar refractivity (Wildman–Crippen MR) is 116 cm³/mol. The summed E-state index contributed by atoms with van der Waals surface area (Å²) in [5, 5.41) is 9.98. The highest BCUT2D eigenvalue weighted by Crippen LogP contribution is 2.27. The SMILES string of the molecule is CC.CC.CC.COc1cc(F)ccc1OCC#CC(O)c1cccc(C)c1. The molecule has 0 aliphatic rings. The molecule has 1 atom stereocenters. The topological polar surface area (TPSA) is 38.7 Å². The normalized spacial score (nSPS) is 9.50. The van der Waals surface area contributed by atoms with Crippen molar-refractivity contribution in [2.24, 2.45) is 0 Å². The molecule has 0 aliphatic heterocycles. The molecule has 1 N–H and O–H groups in total. The summed E-state index contributed by atoms with van der Waals surface area (Å²) in [6.07, 6.45) is -0.862. The van der Waals surface area contributed by atoms with Crippen LogP contribution in [0.3, 0.4) is 0 Å². The smallest absolute Gasteiger partial charge is 0.163 e. The van der Waals surface area contributed by atoms with Crippen LogP contribution in [0.25, 0.3) is 0 Å². The van der Waals surface area contributed by atoms with Crippen molar-refractivity contribution in [3.8, 4) is 23.3 Å². The molecule has 1 unspecified atom stereocenters. The van der Waals surface area contributed by atoms with E-state index in [2.05, 4.69) is 11.8 Å². The van der Waals surface area contributed by atoms with E-state index in [1.807, 2.05) is 72.7 Å². The minimum atomic E-state index is -0.862. The van der Waals surface area contributed by atoms with E-state index in [0.717, 1.165) is 11.1 Å². The number of ether oxygens (including phenoxy) is 2. The number of aryl methyl sites for hydroxylation is 1. The fourth-order valence-electron chi connectivity index (χ4n) is 1.94. The molecular weight excluding hydrogens is 355 g/mol. The Morgan fingerprint density at radius 3 is 2.18 bits per heavy atom. The van der Waals surface area contributed by atoms with Crippen molar-refractivity contribution in [1.82, 2.24) is 0 Å². The monoisotopic (exact) mass is 390 g/mol. The van der Waals surface area contributed by atoms with Crippen LogP contribution in [-0.4, -0.2) is 18.8 Å². The zero-order valence-electron chi connectivity index (χ0n) is 18.5. The van der Waals surface area contributed by atoms with E-state index in [9.17, 15) is 9.50 Å². The molecule has 0 bridgehead atoms. The molecule has 0 amide bonds. The van der Waals surface area contributed by atoms with Crippen molar-refractivity contribution in [2.75, 3.05) is 13.7 Å². The molecule has 156 valence electrons. The average molecular weight is 391 g/mol. The van der Waals surface area contributed by atoms with Crippen LogP contribution < -0.4 is 9.47 Å². The van der Waals surface area contributed by atoms with E-state index in [-0.39, 0.29) is 6.61 Å². The van der Waals surface area contributed by atoms with Crippen molar-refractivity contribution in [1.29, 1.82) is 0 Å². The van der Waals surface area contributed by atoms with Gasteiger partial charge in [0.05, 0.1) is 7.11 Å². The molecule has 2 rings (SSSR count). The fraction of sp³-hybridized carbons (Fsp3) is 0.417. The van der Waals surface area contributed by atoms with Crippen LogP contribution in [0.5, 0.6) is 11.5 Å². The first-order valence-corrected chi connectivity index (χ1v) is 9.79. The molecule has 0 saturated heterocycles. The Labute approximate surface area is 170 Å². The second kappa shape index (κ2) is 17.9. The number of benzene rings is 2. The van der Waals surface area contributed by atoms with Gasteiger partial charge in [-0.15, -0.1) is 0 Å². The third kappa shape index (κ3) is 10.6. The lowest BCUT2D eigenvalue weighted by atomic mass is 10.1. The first-order chi connectivity index (χ1) is 13.6. The molecule has 0 aromatic heterocycles. The van der Waals surface area contributed by atoms with Gasteiger partial charge < -0.3 is 14.6 Å². The summed E-state index contributed by atoms with van der Waals surface area (Å²) in [5.74, 6) is 5.77. The first kappa shape index (κ1) is 27.7. The van der Waals surface area contributed by atoms with Gasteiger partial charge in [0, 0.05) is 6.07 Å². The van der Waals surface area contributed by atoms with E-state index >= 15 is 0 Å². The second-order valence-electron chi connectivity index (χ2n) is 4.72. The van der Waals surface area contributed by atoms with E-state index in [1.54, 1.807) is 0 Å². The molecule has 0 heterocycles. The Hall–Kier alpha value is -2.51. The number of halogens is 1. The maximum absolute atomic E-state index is 13.1. The lowest BCUT2D eigenvalue weighted by Crippen LogP contribution is -1.99. The van der Waals surface area contributed by atoms with Crippen LogP contribution in [0.2, 0.25) is 0 Å². The summed E-state index contributed by atoms with van der Waals surface area (Å²) in [7, 11) is 1.44. The molecule has 3 nitrogen and oxygen atoms in total. The molecule has 4 heteroatoms. The van der Waals surface area contributed by atoms with Crippen LogP contribution in [0.1, 0.15) is 58.8 Å². The summed E-state index contributed by atoms with van der Waals surface area (Å²) in [6, 6.07) is 11.5. The number of rotatable bonds is 4. The van der Waals surface area contributed by atoms with E-state index in [4.69, 9.17) is 9.47 Å². The fourth-order valence-corrected chi connectivity index (χ4v) is 1.94. The van der Waals surface area contributed by atoms with Crippen molar-refractivity contribution in [3.05, 3.63) is 59.4 Å². The van der Waals surface area contributed by atoms with Gasteiger partial charge in [-0.25, -0.2) is 4.39 Å². The summed E-state index contributed by atoms with van der Waals surface area (Å²) in [4.78, 5) is 0. The predicted octanol–water partition coefficient (Wildman–Crippen LogP) is 6.34. The Morgan fingerprint density at radius 2 is 1.61 bits per heavy atom. The lowest BCUT2D eigenvalue weighted by Gasteiger charge is -2.08. The Morgan fingerprint density at radius 1 is 0.964 bits per heavy atom. The minimum absolute atomic E-state index is 0.0743. The highest BCUT2D eigenvalue weighted by Gasteiger charge is 2.05. The second-order valence-corrected chi connectivity index (χ2v) is 4.72. The van der Waals surface area contributed by atoms with Gasteiger partial charge in [0.15, 0.2) is 11.5 Å². The van der Waals surface area contributed by atoms with Crippen LogP contribution >= 0.6 is 0 Å². The summed E-state index contributed by atoms with van der Waals surface area (Å²) >= 11 is 0. The number of hydrogen-bond donors (Lipinski definition) is 1. The Bertz CT molecular complexity index is 702. The van der Waals surface area contributed by atoms with Gasteiger partial charge in [0.1, 0.15) is 18.5 Å². The van der Waals surface area contributed by atoms with Crippen LogP contribution in [0, 0.1) is 24.6 Å². The summed E-state index contributed by atoms with van der Waals surface area (Å²) in [6.45, 7) is 14.0. The lowest BCUT2D eigenvalue weighted by molar-refractivity contribution is 0.237. The molecule has 2 aromatic carbocycles. The Balaban J connectivity index is 0. The molecule has 2 aromatic rings. The van der Waals surface area contributed by atoms with Gasteiger partial charge in [0.2, 0.25) is 0 Å². The maximum Gasteiger partial charge on any atom is 0.163 e. The van der Waals surface area contributed by atoms with Gasteiger partial charge in [0.25, 0.3) is 0 Å². The molecule has 0 aliphatic carbocycles. The van der Waals surface area contributed by atoms with Gasteiger partial charge in [-0.3, -0.25) is 0 Å². The van der Waals surface area contributed by atoms with E-state index < -0.39 is 11.9 Å². The number of hydrogen-bond acceptors (Lipinski definition) is 3. The highest BCUT2D eigenvalue weighted by molar-refractivity contribution is 5.40. The molecule has 0 spiro atoms. The minimum Gasteiger partial charge on any atom is -0.493 e. The highest BCUT2D eigenvalue weighted by atomic mass is 19.1. The van der Waals surface area contributed by atoms with Gasteiger partial charge in [-0.1, -0.05) is 83.2 Å². The molecule has 28 heavy (non-hydrogen) atoms. The standard InChI is InChI=1S/C18H17FO3.3C2H6/c1-13-5-3-6-14(11-13)16(20)7-4-10-22-17-9-8-15(19)12-18(17)21-2;3*1-2/h3,5-6,8-9,11-12,16,20H,10H2,1-2H3;3*1-2H3. The van der Waals surface area contributed by atoms with Crippen molar-refractivity contribution in [3.63, 3.8) is 0 Å². The third-order valence-corrected chi connectivity index (χ3v) is 3.02. The van der Waals surface area contributed by atoms with Gasteiger partial charge in [-0.05, 0) is 24.6 Å². The van der Waals surface area contributed by atoms with Crippen molar-refractivity contribution in [2.45, 2.75) is 54.6 Å². The zero-order valence-corrected chi connectivity index (χ0v) is 18.5. The number of aliphatic hydroxyl groups excluding tert-OH is 1. The van der Waals surface area contributed by atoms with Crippen LogP contribution in [0.4, 0.5) is 4.39 Å². The van der Waals surface area contributed by atoms with Crippen molar-refractivity contribution < 1.29 is 19.0 Å². The molecule has 0 fully saturated rings. The largest absolute Gasteiger partial charge is 0.493 e. The van der Waals surface area contributed by atoms with Crippen LogP contribution in [-0.2, 0) is 0 Å². The number of methoxy groups -OCH3 is 1. The molecule has 0 saturated carbocycles. The van der Waals surface area contributed by atoms with Gasteiger partial charge >= 0.3 is 0 Å². The Kier molecular flexibility index (Phi) is 17.7. The number of aliphatic hydroxyl groups is 1. The van der Waals surface area contributed by atoms with Crippen LogP contribution in [0.15, 0.2) is 42.5 Å². The van der Waals surface area contributed by atoms with E-state index in [0.29, 0.717) is 11.5 Å². The first-order valence-electron chi connectivity index (χ1n) is 9.79. The molecule has 0 radical (unpaired) electrons. The van der Waals surface area contributed by atoms with Crippen molar-refractivity contribution >= 4 is 0 Å².